The third kappa shape index (κ3) is 5.65. The third-order valence-corrected chi connectivity index (χ3v) is 5.55. The normalized spacial score (nSPS) is 10.5. The van der Waals surface area contributed by atoms with Crippen LogP contribution in [0.2, 0.25) is 0 Å². The number of amides is 2. The Morgan fingerprint density at radius 1 is 0.500 bits per heavy atom. The maximum Gasteiger partial charge on any atom is 0.277 e. The standard InChI is InChI=1S/C24H14N6O10/c31-23(15-5-17(27(33)34)11-18(6-15)28(35)36)25-21-9-13-3-1-2-4-14(13)10-22(21)26-24(32)16-7-19(29(37)38)12-20(8-16)30(39)40/h1-12H,(H,25,31)(H,26,32). The molecule has 40 heavy (non-hydrogen) atoms. The number of nitrogens with zero attached hydrogens (tertiary/aromatic N) is 4. The second-order valence-corrected chi connectivity index (χ2v) is 8.16. The van der Waals surface area contributed by atoms with Gasteiger partial charge in [0.05, 0.1) is 54.3 Å². The van der Waals surface area contributed by atoms with Crippen molar-refractivity contribution in [2.24, 2.45) is 0 Å². The predicted octanol–water partition coefficient (Wildman–Crippen LogP) is 4.98. The van der Waals surface area contributed by atoms with E-state index < -0.39 is 65.4 Å². The van der Waals surface area contributed by atoms with Gasteiger partial charge in [0.15, 0.2) is 0 Å². The van der Waals surface area contributed by atoms with Gasteiger partial charge < -0.3 is 10.6 Å². The SMILES string of the molecule is O=C(Nc1cc2ccccc2cc1NC(=O)c1cc([N+](=O)[O-])cc([N+](=O)[O-])c1)c1cc([N+](=O)[O-])cc([N+](=O)[O-])c1. The first-order valence-electron chi connectivity index (χ1n) is 11.0. The number of hydrogen-bond donors (Lipinski definition) is 2. The van der Waals surface area contributed by atoms with E-state index in [0.29, 0.717) is 22.9 Å². The van der Waals surface area contributed by atoms with E-state index >= 15 is 0 Å². The fourth-order valence-corrected chi connectivity index (χ4v) is 3.71. The van der Waals surface area contributed by atoms with Gasteiger partial charge in [-0.3, -0.25) is 50.0 Å². The maximum absolute atomic E-state index is 13.0. The van der Waals surface area contributed by atoms with Crippen LogP contribution >= 0.6 is 0 Å². The smallest absolute Gasteiger partial charge is 0.277 e. The number of non-ortho nitro benzene ring substituents is 4. The Hall–Kier alpha value is -6.32. The molecule has 0 radical (unpaired) electrons. The van der Waals surface area contributed by atoms with E-state index in [4.69, 9.17) is 0 Å². The van der Waals surface area contributed by atoms with Crippen LogP contribution in [0, 0.1) is 40.5 Å². The predicted molar refractivity (Wildman–Crippen MR) is 139 cm³/mol. The lowest BCUT2D eigenvalue weighted by atomic mass is 10.1. The van der Waals surface area contributed by atoms with Crippen molar-refractivity contribution in [1.29, 1.82) is 0 Å². The zero-order valence-electron chi connectivity index (χ0n) is 19.8. The fraction of sp³-hybridized carbons (Fsp3) is 0. The molecule has 16 heteroatoms. The monoisotopic (exact) mass is 546 g/mol. The van der Waals surface area contributed by atoms with Crippen LogP contribution in [0.15, 0.2) is 72.8 Å². The number of carbonyl (C=O) groups is 2. The lowest BCUT2D eigenvalue weighted by Crippen LogP contribution is -2.17. The van der Waals surface area contributed by atoms with E-state index in [-0.39, 0.29) is 11.4 Å². The molecule has 16 nitrogen and oxygen atoms in total. The van der Waals surface area contributed by atoms with Crippen molar-refractivity contribution in [1.82, 2.24) is 0 Å². The second kappa shape index (κ2) is 10.6. The molecule has 2 N–H and O–H groups in total. The van der Waals surface area contributed by atoms with E-state index in [1.165, 1.54) is 12.1 Å². The van der Waals surface area contributed by atoms with Crippen molar-refractivity contribution in [3.05, 3.63) is 124 Å². The molecule has 4 aromatic carbocycles. The number of carbonyl (C=O) groups excluding carboxylic acids is 2. The van der Waals surface area contributed by atoms with Crippen LogP contribution in [0.1, 0.15) is 20.7 Å². The van der Waals surface area contributed by atoms with Crippen LogP contribution < -0.4 is 10.6 Å². The Balaban J connectivity index is 1.75. The summed E-state index contributed by atoms with van der Waals surface area (Å²) in [5.41, 5.74) is -3.69. The highest BCUT2D eigenvalue weighted by molar-refractivity contribution is 6.12. The number of nitro groups is 4. The lowest BCUT2D eigenvalue weighted by molar-refractivity contribution is -0.394. The number of nitrogens with one attached hydrogen (secondary N) is 2. The topological polar surface area (TPSA) is 231 Å². The summed E-state index contributed by atoms with van der Waals surface area (Å²) >= 11 is 0. The van der Waals surface area contributed by atoms with E-state index in [9.17, 15) is 50.0 Å². The van der Waals surface area contributed by atoms with Crippen molar-refractivity contribution in [3.63, 3.8) is 0 Å². The van der Waals surface area contributed by atoms with Crippen LogP contribution in [0.4, 0.5) is 34.1 Å². The highest BCUT2D eigenvalue weighted by atomic mass is 16.6. The van der Waals surface area contributed by atoms with E-state index in [2.05, 4.69) is 10.6 Å². The fourth-order valence-electron chi connectivity index (χ4n) is 3.71. The van der Waals surface area contributed by atoms with Crippen molar-refractivity contribution >= 4 is 56.7 Å². The number of benzene rings is 4. The molecular formula is C24H14N6O10. The van der Waals surface area contributed by atoms with Gasteiger partial charge in [-0.05, 0) is 22.9 Å². The highest BCUT2D eigenvalue weighted by Crippen LogP contribution is 2.31. The Morgan fingerprint density at radius 3 is 1.07 bits per heavy atom. The first kappa shape index (κ1) is 26.7. The molecule has 0 atom stereocenters. The number of hydrogen-bond acceptors (Lipinski definition) is 10. The molecule has 0 spiro atoms. The Bertz CT molecular complexity index is 1580. The number of rotatable bonds is 8. The van der Waals surface area contributed by atoms with Crippen molar-refractivity contribution in [2.45, 2.75) is 0 Å². The Labute approximate surface area is 221 Å². The second-order valence-electron chi connectivity index (χ2n) is 8.16. The minimum Gasteiger partial charge on any atom is -0.320 e. The summed E-state index contributed by atoms with van der Waals surface area (Å²) in [6, 6.07) is 14.4. The minimum absolute atomic E-state index is 0.0360. The van der Waals surface area contributed by atoms with Gasteiger partial charge in [0, 0.05) is 24.3 Å². The first-order valence-corrected chi connectivity index (χ1v) is 11.0. The Kier molecular flexibility index (Phi) is 7.07. The van der Waals surface area contributed by atoms with Gasteiger partial charge in [-0.1, -0.05) is 24.3 Å². The van der Waals surface area contributed by atoms with Gasteiger partial charge in [0.1, 0.15) is 0 Å². The van der Waals surface area contributed by atoms with E-state index in [1.807, 2.05) is 0 Å². The van der Waals surface area contributed by atoms with E-state index in [1.54, 1.807) is 24.3 Å². The van der Waals surface area contributed by atoms with Gasteiger partial charge in [0.2, 0.25) is 0 Å². The zero-order valence-corrected chi connectivity index (χ0v) is 19.8. The van der Waals surface area contributed by atoms with Crippen LogP contribution in [0.3, 0.4) is 0 Å². The van der Waals surface area contributed by atoms with Gasteiger partial charge >= 0.3 is 0 Å². The molecule has 0 aliphatic carbocycles. The molecule has 0 aliphatic rings. The number of fused-ring (bicyclic) bond motifs is 1. The van der Waals surface area contributed by atoms with Crippen molar-refractivity contribution < 1.29 is 29.3 Å². The molecule has 0 aromatic heterocycles. The molecule has 0 heterocycles. The summed E-state index contributed by atoms with van der Waals surface area (Å²) in [4.78, 5) is 67.3. The molecule has 0 fully saturated rings. The van der Waals surface area contributed by atoms with Gasteiger partial charge in [0.25, 0.3) is 34.6 Å². The average molecular weight is 546 g/mol. The summed E-state index contributed by atoms with van der Waals surface area (Å²) in [5.74, 6) is -1.97. The van der Waals surface area contributed by atoms with E-state index in [0.717, 1.165) is 24.3 Å². The number of nitro benzene ring substituents is 4. The third-order valence-electron chi connectivity index (χ3n) is 5.55. The molecule has 0 saturated heterocycles. The molecule has 0 unspecified atom stereocenters. The van der Waals surface area contributed by atoms with Crippen LogP contribution in [0.25, 0.3) is 10.8 Å². The van der Waals surface area contributed by atoms with Crippen LogP contribution in [-0.4, -0.2) is 31.5 Å². The summed E-state index contributed by atoms with van der Waals surface area (Å²) in [5, 5.41) is 51.0. The molecule has 200 valence electrons. The van der Waals surface area contributed by atoms with Gasteiger partial charge in [-0.15, -0.1) is 0 Å². The highest BCUT2D eigenvalue weighted by Gasteiger charge is 2.23. The van der Waals surface area contributed by atoms with Crippen LogP contribution in [0.5, 0.6) is 0 Å². The average Bonchev–Trinajstić information content (AvgIpc) is 2.92. The summed E-state index contributed by atoms with van der Waals surface area (Å²) in [7, 11) is 0. The molecule has 0 aliphatic heterocycles. The Morgan fingerprint density at radius 2 is 0.800 bits per heavy atom. The summed E-state index contributed by atoms with van der Waals surface area (Å²) in [6.45, 7) is 0. The molecule has 4 rings (SSSR count). The first-order chi connectivity index (χ1) is 18.9. The zero-order chi connectivity index (χ0) is 29.1. The molecule has 0 saturated carbocycles. The molecule has 2 amide bonds. The summed E-state index contributed by atoms with van der Waals surface area (Å²) < 4.78 is 0. The van der Waals surface area contributed by atoms with Crippen molar-refractivity contribution in [2.75, 3.05) is 10.6 Å². The molecule has 0 bridgehead atoms. The molecule has 4 aromatic rings. The van der Waals surface area contributed by atoms with Gasteiger partial charge in [-0.2, -0.15) is 0 Å². The minimum atomic E-state index is -0.983. The van der Waals surface area contributed by atoms with Gasteiger partial charge in [-0.25, -0.2) is 0 Å². The lowest BCUT2D eigenvalue weighted by Gasteiger charge is -2.14. The summed E-state index contributed by atoms with van der Waals surface area (Å²) in [6.07, 6.45) is 0. The van der Waals surface area contributed by atoms with Crippen LogP contribution in [-0.2, 0) is 0 Å². The number of anilines is 2. The van der Waals surface area contributed by atoms with Crippen molar-refractivity contribution in [3.8, 4) is 0 Å². The maximum atomic E-state index is 13.0. The molecular weight excluding hydrogens is 532 g/mol. The quantitative estimate of drug-likeness (QED) is 0.222. The largest absolute Gasteiger partial charge is 0.320 e.